The normalized spacial score (nSPS) is 16.4. The number of ether oxygens (including phenoxy) is 1. The van der Waals surface area contributed by atoms with E-state index in [1.807, 2.05) is 12.3 Å². The van der Waals surface area contributed by atoms with Crippen LogP contribution in [0.5, 0.6) is 0 Å². The van der Waals surface area contributed by atoms with Gasteiger partial charge in [0.25, 0.3) is 0 Å². The van der Waals surface area contributed by atoms with E-state index < -0.39 is 0 Å². The Kier molecular flexibility index (Phi) is 3.74. The van der Waals surface area contributed by atoms with Crippen LogP contribution in [0.4, 0.5) is 0 Å². The van der Waals surface area contributed by atoms with Gasteiger partial charge in [0.2, 0.25) is 0 Å². The molecule has 20 heavy (non-hydrogen) atoms. The van der Waals surface area contributed by atoms with E-state index in [2.05, 4.69) is 46.3 Å². The lowest BCUT2D eigenvalue weighted by Gasteiger charge is -2.22. The van der Waals surface area contributed by atoms with Crippen molar-refractivity contribution in [2.45, 2.75) is 32.4 Å². The first kappa shape index (κ1) is 13.2. The molecule has 0 radical (unpaired) electrons. The van der Waals surface area contributed by atoms with Crippen molar-refractivity contribution in [2.24, 2.45) is 0 Å². The Balaban J connectivity index is 1.89. The Bertz CT molecular complexity index is 591. The largest absolute Gasteiger partial charge is 0.381 e. The molecule has 0 aliphatic carbocycles. The maximum absolute atomic E-state index is 5.41. The molecule has 1 aliphatic rings. The highest BCUT2D eigenvalue weighted by atomic mass is 16.5. The molecule has 3 heterocycles. The first-order valence-electron chi connectivity index (χ1n) is 7.27. The van der Waals surface area contributed by atoms with E-state index in [1.165, 1.54) is 16.8 Å². The monoisotopic (exact) mass is 271 g/mol. The zero-order valence-corrected chi connectivity index (χ0v) is 12.0. The molecule has 0 saturated carbocycles. The van der Waals surface area contributed by atoms with Crippen LogP contribution in [0.3, 0.4) is 0 Å². The van der Waals surface area contributed by atoms with Crippen LogP contribution in [0.1, 0.15) is 31.5 Å². The first-order valence-corrected chi connectivity index (χ1v) is 7.27. The van der Waals surface area contributed by atoms with Gasteiger partial charge in [0.15, 0.2) is 0 Å². The molecule has 1 fully saturated rings. The van der Waals surface area contributed by atoms with Gasteiger partial charge >= 0.3 is 0 Å². The third-order valence-corrected chi connectivity index (χ3v) is 4.02. The number of aromatic nitrogens is 3. The summed E-state index contributed by atoms with van der Waals surface area (Å²) in [5.74, 6) is 0. The van der Waals surface area contributed by atoms with Crippen LogP contribution in [0.15, 0.2) is 31.2 Å². The first-order chi connectivity index (χ1) is 9.83. The van der Waals surface area contributed by atoms with E-state index >= 15 is 0 Å². The summed E-state index contributed by atoms with van der Waals surface area (Å²) in [6.45, 7) is 8.70. The van der Waals surface area contributed by atoms with E-state index in [-0.39, 0.29) is 0 Å². The highest BCUT2D eigenvalue weighted by Gasteiger charge is 2.17. The van der Waals surface area contributed by atoms with Crippen molar-refractivity contribution in [1.29, 1.82) is 0 Å². The summed E-state index contributed by atoms with van der Waals surface area (Å²) >= 11 is 0. The Labute approximate surface area is 119 Å². The zero-order valence-electron chi connectivity index (χ0n) is 12.0. The molecule has 0 spiro atoms. The van der Waals surface area contributed by atoms with Crippen LogP contribution in [-0.2, 0) is 11.3 Å². The Morgan fingerprint density at radius 2 is 2.25 bits per heavy atom. The fourth-order valence-electron chi connectivity index (χ4n) is 2.86. The topological polar surface area (TPSA) is 32.0 Å². The minimum atomic E-state index is 0.470. The van der Waals surface area contributed by atoms with E-state index in [9.17, 15) is 0 Å². The molecule has 1 saturated heterocycles. The number of hydrogen-bond acceptors (Lipinski definition) is 2. The number of rotatable bonds is 4. The van der Waals surface area contributed by atoms with Crippen molar-refractivity contribution in [2.75, 3.05) is 13.2 Å². The van der Waals surface area contributed by atoms with Gasteiger partial charge in [-0.3, -0.25) is 4.68 Å². The van der Waals surface area contributed by atoms with E-state index in [0.29, 0.717) is 6.04 Å². The molecule has 0 unspecified atom stereocenters. The van der Waals surface area contributed by atoms with Crippen LogP contribution in [-0.4, -0.2) is 27.6 Å². The average Bonchev–Trinajstić information content (AvgIpc) is 3.14. The van der Waals surface area contributed by atoms with Crippen molar-refractivity contribution < 1.29 is 4.74 Å². The standard InChI is InChI=1S/C16H21N3O/c1-3-16-15(5-8-18(16)4-2)13-11-17-19(12-13)14-6-9-20-10-7-14/h3,5,8,11-12,14H,1,4,6-7,9-10H2,2H3. The molecule has 0 bridgehead atoms. The zero-order chi connectivity index (χ0) is 13.9. The van der Waals surface area contributed by atoms with Gasteiger partial charge in [0.05, 0.1) is 12.2 Å². The number of aryl methyl sites for hydroxylation is 1. The van der Waals surface area contributed by atoms with Gasteiger partial charge in [-0.25, -0.2) is 0 Å². The summed E-state index contributed by atoms with van der Waals surface area (Å²) in [5.41, 5.74) is 3.54. The molecule has 0 atom stereocenters. The molecule has 2 aromatic heterocycles. The number of hydrogen-bond donors (Lipinski definition) is 0. The second kappa shape index (κ2) is 5.67. The third kappa shape index (κ3) is 2.31. The highest BCUT2D eigenvalue weighted by Crippen LogP contribution is 2.28. The summed E-state index contributed by atoms with van der Waals surface area (Å²) in [7, 11) is 0. The second-order valence-electron chi connectivity index (χ2n) is 5.16. The maximum atomic E-state index is 5.41. The summed E-state index contributed by atoms with van der Waals surface area (Å²) < 4.78 is 9.70. The van der Waals surface area contributed by atoms with Crippen molar-refractivity contribution in [3.8, 4) is 11.1 Å². The lowest BCUT2D eigenvalue weighted by Crippen LogP contribution is -2.19. The average molecular weight is 271 g/mol. The molecule has 0 aromatic carbocycles. The molecule has 1 aliphatic heterocycles. The highest BCUT2D eigenvalue weighted by molar-refractivity contribution is 5.72. The fraction of sp³-hybridized carbons (Fsp3) is 0.438. The van der Waals surface area contributed by atoms with Crippen LogP contribution in [0.2, 0.25) is 0 Å². The fourth-order valence-corrected chi connectivity index (χ4v) is 2.86. The second-order valence-corrected chi connectivity index (χ2v) is 5.16. The van der Waals surface area contributed by atoms with Gasteiger partial charge < -0.3 is 9.30 Å². The minimum Gasteiger partial charge on any atom is -0.381 e. The molecule has 106 valence electrons. The summed E-state index contributed by atoms with van der Waals surface area (Å²) in [6, 6.07) is 2.62. The van der Waals surface area contributed by atoms with Crippen molar-refractivity contribution in [3.05, 3.63) is 36.9 Å². The van der Waals surface area contributed by atoms with E-state index in [4.69, 9.17) is 4.74 Å². The Morgan fingerprint density at radius 1 is 1.45 bits per heavy atom. The predicted octanol–water partition coefficient (Wildman–Crippen LogP) is 3.37. The van der Waals surface area contributed by atoms with Crippen molar-refractivity contribution in [3.63, 3.8) is 0 Å². The molecule has 4 nitrogen and oxygen atoms in total. The SMILES string of the molecule is C=Cc1c(-c2cnn(C3CCOCC3)c2)ccn1CC. The molecular formula is C16H21N3O. The molecule has 4 heteroatoms. The lowest BCUT2D eigenvalue weighted by atomic mass is 10.1. The molecule has 0 amide bonds. The van der Waals surface area contributed by atoms with Crippen molar-refractivity contribution >= 4 is 6.08 Å². The van der Waals surface area contributed by atoms with Crippen LogP contribution >= 0.6 is 0 Å². The minimum absolute atomic E-state index is 0.470. The van der Waals surface area contributed by atoms with Crippen LogP contribution < -0.4 is 0 Å². The number of nitrogens with zero attached hydrogens (tertiary/aromatic N) is 3. The lowest BCUT2D eigenvalue weighted by molar-refractivity contribution is 0.0662. The summed E-state index contributed by atoms with van der Waals surface area (Å²) in [6.07, 6.45) is 10.2. The van der Waals surface area contributed by atoms with Gasteiger partial charge in [0, 0.05) is 49.0 Å². The van der Waals surface area contributed by atoms with Gasteiger partial charge in [-0.05, 0) is 31.9 Å². The summed E-state index contributed by atoms with van der Waals surface area (Å²) in [5, 5.41) is 4.54. The smallest absolute Gasteiger partial charge is 0.0569 e. The van der Waals surface area contributed by atoms with Crippen LogP contribution in [0.25, 0.3) is 17.2 Å². The van der Waals surface area contributed by atoms with Crippen LogP contribution in [0, 0.1) is 0 Å². The Morgan fingerprint density at radius 3 is 2.95 bits per heavy atom. The predicted molar refractivity (Wildman–Crippen MR) is 80.5 cm³/mol. The molecular weight excluding hydrogens is 250 g/mol. The Hall–Kier alpha value is -1.81. The van der Waals surface area contributed by atoms with Gasteiger partial charge in [-0.2, -0.15) is 5.10 Å². The van der Waals surface area contributed by atoms with Crippen molar-refractivity contribution in [1.82, 2.24) is 14.3 Å². The van der Waals surface area contributed by atoms with Gasteiger partial charge in [-0.15, -0.1) is 0 Å². The van der Waals surface area contributed by atoms with Gasteiger partial charge in [-0.1, -0.05) is 6.58 Å². The van der Waals surface area contributed by atoms with E-state index in [0.717, 1.165) is 32.6 Å². The van der Waals surface area contributed by atoms with E-state index in [1.54, 1.807) is 0 Å². The maximum Gasteiger partial charge on any atom is 0.0569 e. The third-order valence-electron chi connectivity index (χ3n) is 4.02. The molecule has 0 N–H and O–H groups in total. The van der Waals surface area contributed by atoms with Gasteiger partial charge in [0.1, 0.15) is 0 Å². The summed E-state index contributed by atoms with van der Waals surface area (Å²) in [4.78, 5) is 0. The molecule has 3 rings (SSSR count). The molecule has 2 aromatic rings. The quantitative estimate of drug-likeness (QED) is 0.854.